The van der Waals surface area contributed by atoms with Crippen molar-refractivity contribution in [2.24, 2.45) is 0 Å². The monoisotopic (exact) mass is 571 g/mol. The molecule has 0 unspecified atom stereocenters. The first-order valence-electron chi connectivity index (χ1n) is 11.8. The van der Waals surface area contributed by atoms with Crippen molar-refractivity contribution in [1.29, 1.82) is 0 Å². The maximum Gasteiger partial charge on any atom is 0.267 e. The van der Waals surface area contributed by atoms with Crippen LogP contribution in [0.25, 0.3) is 11.0 Å². The summed E-state index contributed by atoms with van der Waals surface area (Å²) in [7, 11) is -7.92. The molecule has 3 heterocycles. The average molecular weight is 572 g/mol. The summed E-state index contributed by atoms with van der Waals surface area (Å²) < 4.78 is 62.1. The van der Waals surface area contributed by atoms with E-state index < -0.39 is 20.0 Å². The van der Waals surface area contributed by atoms with Crippen LogP contribution in [0.1, 0.15) is 0 Å². The lowest BCUT2D eigenvalue weighted by Gasteiger charge is -2.27. The van der Waals surface area contributed by atoms with E-state index in [1.54, 1.807) is 47.4 Å². The molecule has 1 aromatic heterocycles. The second kappa shape index (κ2) is 9.47. The van der Waals surface area contributed by atoms with Crippen LogP contribution < -0.4 is 9.21 Å². The van der Waals surface area contributed by atoms with E-state index in [0.29, 0.717) is 35.8 Å². The summed E-state index contributed by atoms with van der Waals surface area (Å²) in [6.45, 7) is 0.879. The van der Waals surface area contributed by atoms with Crippen LogP contribution in [0.5, 0.6) is 0 Å². The third-order valence-electron chi connectivity index (χ3n) is 6.44. The molecule has 1 fully saturated rings. The largest absolute Gasteiger partial charge is 0.379 e. The van der Waals surface area contributed by atoms with Crippen LogP contribution in [0.15, 0.2) is 82.6 Å². The third kappa shape index (κ3) is 4.18. The molecular weight excluding hydrogens is 550 g/mol. The van der Waals surface area contributed by atoms with Gasteiger partial charge in [-0.1, -0.05) is 41.9 Å². The van der Waals surface area contributed by atoms with Gasteiger partial charge in [0.15, 0.2) is 11.6 Å². The summed E-state index contributed by atoms with van der Waals surface area (Å²) in [4.78, 5) is 11.0. The van der Waals surface area contributed by atoms with E-state index in [4.69, 9.17) is 21.3 Å². The molecule has 0 atom stereocenters. The lowest BCUT2D eigenvalue weighted by molar-refractivity contribution is 0.0730. The Labute approximate surface area is 225 Å². The normalized spacial score (nSPS) is 16.7. The molecule has 3 aromatic carbocycles. The number of para-hydroxylation sites is 2. The molecular formula is C25H22ClN5O5S2. The SMILES string of the molecule is O=S(=O)(c1cc(N2CN(S(=O)(=O)c3ccccc3)c3nc4ccccc4nc32)ccc1Cl)N1CCOCC1. The lowest BCUT2D eigenvalue weighted by atomic mass is 10.3. The van der Waals surface area contributed by atoms with Gasteiger partial charge in [0.1, 0.15) is 11.6 Å². The van der Waals surface area contributed by atoms with Gasteiger partial charge in [0.05, 0.1) is 34.2 Å². The van der Waals surface area contributed by atoms with E-state index in [1.165, 1.54) is 32.9 Å². The quantitative estimate of drug-likeness (QED) is 0.357. The number of nitrogens with zero attached hydrogens (tertiary/aromatic N) is 5. The van der Waals surface area contributed by atoms with E-state index >= 15 is 0 Å². The van der Waals surface area contributed by atoms with Crippen LogP contribution in [-0.4, -0.2) is 64.1 Å². The van der Waals surface area contributed by atoms with Crippen molar-refractivity contribution in [3.05, 3.63) is 77.8 Å². The smallest absolute Gasteiger partial charge is 0.267 e. The zero-order valence-electron chi connectivity index (χ0n) is 19.9. The Kier molecular flexibility index (Phi) is 6.23. The van der Waals surface area contributed by atoms with Gasteiger partial charge in [-0.15, -0.1) is 0 Å². The van der Waals surface area contributed by atoms with Crippen molar-refractivity contribution in [2.45, 2.75) is 9.79 Å². The van der Waals surface area contributed by atoms with E-state index in [9.17, 15) is 16.8 Å². The van der Waals surface area contributed by atoms with E-state index in [2.05, 4.69) is 4.98 Å². The molecule has 0 radical (unpaired) electrons. The Morgan fingerprint density at radius 1 is 0.763 bits per heavy atom. The van der Waals surface area contributed by atoms with Crippen molar-refractivity contribution < 1.29 is 21.6 Å². The Morgan fingerprint density at radius 3 is 2.08 bits per heavy atom. The molecule has 1 saturated heterocycles. The van der Waals surface area contributed by atoms with Gasteiger partial charge in [-0.05, 0) is 42.5 Å². The van der Waals surface area contributed by atoms with Gasteiger partial charge in [0.25, 0.3) is 10.0 Å². The summed E-state index contributed by atoms with van der Waals surface area (Å²) >= 11 is 6.38. The van der Waals surface area contributed by atoms with E-state index in [-0.39, 0.29) is 40.4 Å². The first kappa shape index (κ1) is 25.0. The molecule has 0 saturated carbocycles. The molecule has 0 bridgehead atoms. The fourth-order valence-corrected chi connectivity index (χ4v) is 7.76. The van der Waals surface area contributed by atoms with Crippen LogP contribution >= 0.6 is 11.6 Å². The molecule has 0 aliphatic carbocycles. The van der Waals surface area contributed by atoms with Crippen molar-refractivity contribution in [3.63, 3.8) is 0 Å². The Bertz CT molecular complexity index is 1750. The Morgan fingerprint density at radius 2 is 1.39 bits per heavy atom. The molecule has 13 heteroatoms. The van der Waals surface area contributed by atoms with Crippen molar-refractivity contribution in [2.75, 3.05) is 42.2 Å². The molecule has 6 rings (SSSR count). The van der Waals surface area contributed by atoms with Crippen LogP contribution in [0.4, 0.5) is 17.3 Å². The summed E-state index contributed by atoms with van der Waals surface area (Å²) in [5, 5.41) is 0.0676. The maximum atomic E-state index is 13.7. The fourth-order valence-electron chi connectivity index (χ4n) is 4.49. The number of anilines is 3. The first-order chi connectivity index (χ1) is 18.3. The van der Waals surface area contributed by atoms with E-state index in [1.807, 2.05) is 6.07 Å². The highest BCUT2D eigenvalue weighted by Crippen LogP contribution is 2.42. The summed E-state index contributed by atoms with van der Waals surface area (Å²) in [6, 6.07) is 19.8. The van der Waals surface area contributed by atoms with E-state index in [0.717, 1.165) is 0 Å². The molecule has 2 aliphatic rings. The number of sulfonamides is 2. The second-order valence-electron chi connectivity index (χ2n) is 8.73. The molecule has 2 aliphatic heterocycles. The summed E-state index contributed by atoms with van der Waals surface area (Å²) in [6.07, 6.45) is 0. The summed E-state index contributed by atoms with van der Waals surface area (Å²) in [5.74, 6) is 0.445. The molecule has 0 amide bonds. The van der Waals surface area contributed by atoms with Gasteiger partial charge in [-0.2, -0.15) is 4.31 Å². The zero-order valence-corrected chi connectivity index (χ0v) is 22.3. The van der Waals surface area contributed by atoms with Crippen molar-refractivity contribution in [3.8, 4) is 0 Å². The van der Waals surface area contributed by atoms with Gasteiger partial charge in [-0.3, -0.25) is 0 Å². The number of hydrogen-bond donors (Lipinski definition) is 0. The van der Waals surface area contributed by atoms with Gasteiger partial charge in [0, 0.05) is 18.8 Å². The fraction of sp³-hybridized carbons (Fsp3) is 0.200. The molecule has 0 N–H and O–H groups in total. The van der Waals surface area contributed by atoms with Crippen LogP contribution in [0.2, 0.25) is 5.02 Å². The molecule has 196 valence electrons. The minimum atomic E-state index is -4.00. The number of rotatable bonds is 5. The number of morpholine rings is 1. The molecule has 10 nitrogen and oxygen atoms in total. The van der Waals surface area contributed by atoms with Crippen LogP contribution in [0.3, 0.4) is 0 Å². The highest BCUT2D eigenvalue weighted by molar-refractivity contribution is 7.92. The van der Waals surface area contributed by atoms with Gasteiger partial charge < -0.3 is 9.64 Å². The number of benzene rings is 3. The predicted molar refractivity (Wildman–Crippen MR) is 144 cm³/mol. The standard InChI is InChI=1S/C25H22ClN5O5S2/c26-20-11-10-18(16-23(20)38(34,35)29-12-14-36-15-13-29)30-17-31(37(32,33)19-6-2-1-3-7-19)25-24(30)27-21-8-4-5-9-22(21)28-25/h1-11,16H,12-15,17H2. The maximum absolute atomic E-state index is 13.7. The first-order valence-corrected chi connectivity index (χ1v) is 15.0. The van der Waals surface area contributed by atoms with Gasteiger partial charge in [-0.25, -0.2) is 31.1 Å². The number of hydrogen-bond acceptors (Lipinski definition) is 8. The van der Waals surface area contributed by atoms with Crippen molar-refractivity contribution >= 4 is 60.0 Å². The van der Waals surface area contributed by atoms with Gasteiger partial charge in [0.2, 0.25) is 10.0 Å². The van der Waals surface area contributed by atoms with Crippen molar-refractivity contribution in [1.82, 2.24) is 14.3 Å². The number of aromatic nitrogens is 2. The molecule has 38 heavy (non-hydrogen) atoms. The zero-order chi connectivity index (χ0) is 26.5. The highest BCUT2D eigenvalue weighted by atomic mass is 35.5. The molecule has 0 spiro atoms. The second-order valence-corrected chi connectivity index (χ2v) is 12.9. The third-order valence-corrected chi connectivity index (χ3v) is 10.6. The number of halogens is 1. The van der Waals surface area contributed by atoms with Crippen LogP contribution in [0, 0.1) is 0 Å². The minimum Gasteiger partial charge on any atom is -0.379 e. The Hall–Kier alpha value is -3.29. The molecule has 4 aromatic rings. The number of ether oxygens (including phenoxy) is 1. The van der Waals surface area contributed by atoms with Crippen LogP contribution in [-0.2, 0) is 24.8 Å². The summed E-state index contributed by atoms with van der Waals surface area (Å²) in [5.41, 5.74) is 1.52. The average Bonchev–Trinajstić information content (AvgIpc) is 3.32. The highest BCUT2D eigenvalue weighted by Gasteiger charge is 2.39. The van der Waals surface area contributed by atoms with Gasteiger partial charge >= 0.3 is 0 Å². The topological polar surface area (TPSA) is 113 Å². The minimum absolute atomic E-state index is 0.0676. The lowest BCUT2D eigenvalue weighted by Crippen LogP contribution is -2.40. The Balaban J connectivity index is 1.49. The number of fused-ring (bicyclic) bond motifs is 2. The predicted octanol–water partition coefficient (Wildman–Crippen LogP) is 3.61.